The first-order valence-electron chi connectivity index (χ1n) is 10.00. The average Bonchev–Trinajstić information content (AvgIpc) is 3.03. The molecule has 146 valence electrons. The Balaban J connectivity index is 1.64. The molecule has 0 radical (unpaired) electrons. The van der Waals surface area contributed by atoms with E-state index in [1.54, 1.807) is 0 Å². The van der Waals surface area contributed by atoms with Crippen molar-refractivity contribution in [2.75, 3.05) is 32.9 Å². The van der Waals surface area contributed by atoms with E-state index in [0.29, 0.717) is 12.0 Å². The zero-order valence-electron chi connectivity index (χ0n) is 16.7. The Morgan fingerprint density at radius 2 is 2.15 bits per heavy atom. The van der Waals surface area contributed by atoms with Crippen LogP contribution in [0.4, 0.5) is 4.79 Å². The highest BCUT2D eigenvalue weighted by Crippen LogP contribution is 2.45. The summed E-state index contributed by atoms with van der Waals surface area (Å²) in [4.78, 5) is 20.5. The molecule has 1 aromatic heterocycles. The molecule has 6 heteroatoms. The molecular formula is C21H30N4OS. The lowest BCUT2D eigenvalue weighted by Gasteiger charge is -2.46. The number of hydrogen-bond acceptors (Lipinski definition) is 3. The average molecular weight is 387 g/mol. The fraction of sp³-hybridized carbons (Fsp3) is 0.571. The number of hydrogen-bond donors (Lipinski definition) is 2. The Morgan fingerprint density at radius 1 is 1.37 bits per heavy atom. The van der Waals surface area contributed by atoms with Gasteiger partial charge in [-0.2, -0.15) is 0 Å². The second-order valence-corrected chi connectivity index (χ2v) is 8.60. The third-order valence-electron chi connectivity index (χ3n) is 6.39. The van der Waals surface area contributed by atoms with Crippen LogP contribution in [-0.2, 0) is 6.42 Å². The van der Waals surface area contributed by atoms with E-state index in [-0.39, 0.29) is 12.1 Å². The van der Waals surface area contributed by atoms with Crippen molar-refractivity contribution in [3.05, 3.63) is 29.3 Å². The number of rotatable bonds is 4. The maximum Gasteiger partial charge on any atom is 0.317 e. The first kappa shape index (κ1) is 18.7. The molecule has 1 aromatic carbocycles. The molecule has 5 nitrogen and oxygen atoms in total. The fourth-order valence-corrected chi connectivity index (χ4v) is 5.70. The molecule has 1 aliphatic carbocycles. The molecule has 0 saturated carbocycles. The summed E-state index contributed by atoms with van der Waals surface area (Å²) in [6.45, 7) is 6.48. The summed E-state index contributed by atoms with van der Waals surface area (Å²) < 4.78 is 0. The van der Waals surface area contributed by atoms with Gasteiger partial charge in [0, 0.05) is 48.5 Å². The summed E-state index contributed by atoms with van der Waals surface area (Å²) in [5, 5.41) is 6.02. The molecule has 2 amide bonds. The van der Waals surface area contributed by atoms with E-state index in [1.165, 1.54) is 27.1 Å². The van der Waals surface area contributed by atoms with Gasteiger partial charge in [-0.25, -0.2) is 4.79 Å². The van der Waals surface area contributed by atoms with Crippen molar-refractivity contribution < 1.29 is 4.79 Å². The van der Waals surface area contributed by atoms with E-state index in [0.717, 1.165) is 32.5 Å². The molecule has 2 aromatic rings. The number of nitrogens with one attached hydrogen (secondary N) is 2. The van der Waals surface area contributed by atoms with Crippen molar-refractivity contribution in [3.63, 3.8) is 0 Å². The summed E-state index contributed by atoms with van der Waals surface area (Å²) in [7, 11) is 2.21. The first-order valence-corrected chi connectivity index (χ1v) is 11.2. The Kier molecular flexibility index (Phi) is 5.12. The molecule has 1 fully saturated rings. The van der Waals surface area contributed by atoms with Crippen LogP contribution in [0, 0.1) is 0 Å². The third kappa shape index (κ3) is 3.13. The lowest BCUT2D eigenvalue weighted by atomic mass is 9.74. The van der Waals surface area contributed by atoms with E-state index in [9.17, 15) is 4.79 Å². The normalized spacial score (nSPS) is 24.7. The fourth-order valence-electron chi connectivity index (χ4n) is 5.05. The summed E-state index contributed by atoms with van der Waals surface area (Å²) in [5.74, 6) is 0.465. The van der Waals surface area contributed by atoms with Gasteiger partial charge >= 0.3 is 6.03 Å². The van der Waals surface area contributed by atoms with E-state index in [1.807, 2.05) is 30.5 Å². The van der Waals surface area contributed by atoms with Crippen LogP contribution in [0.2, 0.25) is 0 Å². The standard InChI is InChI=1S/C21H30N4OS/c1-5-25(6-2)21(26)22-13-10-15-14-8-7-9-17-19(14)16(20(23-17)27-4)11-18(15)24(3)12-13/h7-9,13,15,18,23H,5-6,10-12H2,1-4H3,(H,22,26)/t13-,15+,18+/m0/s1. The number of aromatic amines is 1. The highest BCUT2D eigenvalue weighted by Gasteiger charge is 2.40. The second kappa shape index (κ2) is 7.40. The smallest absolute Gasteiger partial charge is 0.317 e. The molecule has 0 spiro atoms. The monoisotopic (exact) mass is 386 g/mol. The van der Waals surface area contributed by atoms with Crippen LogP contribution in [0.3, 0.4) is 0 Å². The molecule has 2 heterocycles. The van der Waals surface area contributed by atoms with Crippen molar-refractivity contribution in [2.24, 2.45) is 0 Å². The van der Waals surface area contributed by atoms with Crippen molar-refractivity contribution in [3.8, 4) is 0 Å². The van der Waals surface area contributed by atoms with Crippen LogP contribution in [-0.4, -0.2) is 65.8 Å². The summed E-state index contributed by atoms with van der Waals surface area (Å²) in [6, 6.07) is 7.42. The largest absolute Gasteiger partial charge is 0.349 e. The highest BCUT2D eigenvalue weighted by atomic mass is 32.2. The van der Waals surface area contributed by atoms with Crippen LogP contribution in [0.15, 0.2) is 23.2 Å². The van der Waals surface area contributed by atoms with Gasteiger partial charge in [0.1, 0.15) is 0 Å². The van der Waals surface area contributed by atoms with E-state index in [2.05, 4.69) is 46.7 Å². The number of likely N-dealkylation sites (tertiary alicyclic amines) is 1. The zero-order valence-corrected chi connectivity index (χ0v) is 17.5. The SMILES string of the molecule is CCN(CC)C(=O)N[C@H]1C[C@@H]2c3cccc4[nH]c(SC)c(c34)C[C@H]2N(C)C1. The number of likely N-dealkylation sites (N-methyl/N-ethyl adjacent to an activating group) is 1. The van der Waals surface area contributed by atoms with Gasteiger partial charge in [0.05, 0.1) is 5.03 Å². The molecule has 1 aliphatic heterocycles. The quantitative estimate of drug-likeness (QED) is 0.789. The Hall–Kier alpha value is -1.66. The Bertz CT molecular complexity index is 844. The van der Waals surface area contributed by atoms with Crippen LogP contribution in [0.1, 0.15) is 37.3 Å². The number of piperidine rings is 1. The molecule has 2 N–H and O–H groups in total. The predicted octanol–water partition coefficient (Wildman–Crippen LogP) is 3.65. The number of fused-ring (bicyclic) bond motifs is 2. The van der Waals surface area contributed by atoms with Gasteiger partial charge in [-0.1, -0.05) is 12.1 Å². The molecule has 4 rings (SSSR count). The lowest BCUT2D eigenvalue weighted by molar-refractivity contribution is 0.123. The summed E-state index contributed by atoms with van der Waals surface area (Å²) >= 11 is 1.81. The maximum absolute atomic E-state index is 12.6. The zero-order chi connectivity index (χ0) is 19.1. The summed E-state index contributed by atoms with van der Waals surface area (Å²) in [5.41, 5.74) is 4.18. The molecule has 3 atom stereocenters. The van der Waals surface area contributed by atoms with Gasteiger partial charge < -0.3 is 20.1 Å². The molecule has 0 unspecified atom stereocenters. The van der Waals surface area contributed by atoms with Crippen LogP contribution in [0.25, 0.3) is 10.9 Å². The topological polar surface area (TPSA) is 51.4 Å². The van der Waals surface area contributed by atoms with Crippen LogP contribution >= 0.6 is 11.8 Å². The van der Waals surface area contributed by atoms with Crippen molar-refractivity contribution >= 4 is 28.7 Å². The number of carbonyl (C=O) groups excluding carboxylic acids is 1. The maximum atomic E-state index is 12.6. The van der Waals surface area contributed by atoms with Gasteiger partial charge in [0.25, 0.3) is 0 Å². The van der Waals surface area contributed by atoms with Gasteiger partial charge in [-0.15, -0.1) is 11.8 Å². The number of carbonyl (C=O) groups is 1. The number of benzene rings is 1. The minimum Gasteiger partial charge on any atom is -0.349 e. The number of nitrogens with zero attached hydrogens (tertiary/aromatic N) is 2. The minimum absolute atomic E-state index is 0.0675. The van der Waals surface area contributed by atoms with Gasteiger partial charge in [0.15, 0.2) is 0 Å². The van der Waals surface area contributed by atoms with Gasteiger partial charge in [-0.05, 0) is 57.2 Å². The predicted molar refractivity (Wildman–Crippen MR) is 113 cm³/mol. The van der Waals surface area contributed by atoms with Crippen molar-refractivity contribution in [2.45, 2.75) is 49.7 Å². The summed E-state index contributed by atoms with van der Waals surface area (Å²) in [6.07, 6.45) is 4.25. The third-order valence-corrected chi connectivity index (χ3v) is 7.15. The Morgan fingerprint density at radius 3 is 2.85 bits per heavy atom. The lowest BCUT2D eigenvalue weighted by Crippen LogP contribution is -2.56. The van der Waals surface area contributed by atoms with E-state index < -0.39 is 0 Å². The number of thioether (sulfide) groups is 1. The van der Waals surface area contributed by atoms with Crippen LogP contribution in [0.5, 0.6) is 0 Å². The molecular weight excluding hydrogens is 356 g/mol. The number of H-pyrrole nitrogens is 1. The number of amides is 2. The van der Waals surface area contributed by atoms with Crippen LogP contribution < -0.4 is 5.32 Å². The molecule has 27 heavy (non-hydrogen) atoms. The van der Waals surface area contributed by atoms with Gasteiger partial charge in [0.2, 0.25) is 0 Å². The highest BCUT2D eigenvalue weighted by molar-refractivity contribution is 7.98. The first-order chi connectivity index (χ1) is 13.1. The molecule has 2 aliphatic rings. The second-order valence-electron chi connectivity index (χ2n) is 7.78. The minimum atomic E-state index is 0.0675. The van der Waals surface area contributed by atoms with E-state index >= 15 is 0 Å². The van der Waals surface area contributed by atoms with E-state index in [4.69, 9.17) is 0 Å². The van der Waals surface area contributed by atoms with Gasteiger partial charge in [-0.3, -0.25) is 0 Å². The number of urea groups is 1. The Labute approximate surface area is 165 Å². The molecule has 1 saturated heterocycles. The van der Waals surface area contributed by atoms with Crippen molar-refractivity contribution in [1.29, 1.82) is 0 Å². The number of aromatic nitrogens is 1. The molecule has 0 bridgehead atoms. The van der Waals surface area contributed by atoms with Crippen molar-refractivity contribution in [1.82, 2.24) is 20.1 Å².